The number of hydrogen-bond donors (Lipinski definition) is 6. The normalized spacial score (nSPS) is 11.7. The maximum Gasteiger partial charge on any atom is 0.223 e. The third-order valence-electron chi connectivity index (χ3n) is 3.26. The zero-order valence-corrected chi connectivity index (χ0v) is 14.6. The molecule has 140 valence electrons. The lowest BCUT2D eigenvalue weighted by Crippen LogP contribution is -2.26. The van der Waals surface area contributed by atoms with Crippen molar-refractivity contribution in [3.8, 4) is 0 Å². The molecule has 10 nitrogen and oxygen atoms in total. The van der Waals surface area contributed by atoms with Crippen LogP contribution in [0.1, 0.15) is 11.1 Å². The van der Waals surface area contributed by atoms with Crippen LogP contribution in [0, 0.1) is 0 Å². The van der Waals surface area contributed by atoms with E-state index in [9.17, 15) is 0 Å². The highest BCUT2D eigenvalue weighted by molar-refractivity contribution is 5.94. The lowest BCUT2D eigenvalue weighted by molar-refractivity contribution is 1.19. The zero-order valence-electron chi connectivity index (χ0n) is 14.6. The number of rotatable bonds is 4. The summed E-state index contributed by atoms with van der Waals surface area (Å²) in [4.78, 5) is 15.5. The number of guanidine groups is 4. The van der Waals surface area contributed by atoms with Crippen LogP contribution in [0.15, 0.2) is 68.5 Å². The van der Waals surface area contributed by atoms with Crippen LogP contribution >= 0.6 is 0 Å². The molecule has 0 unspecified atom stereocenters. The summed E-state index contributed by atoms with van der Waals surface area (Å²) in [5.41, 5.74) is 35.7. The fourth-order valence-corrected chi connectivity index (χ4v) is 2.19. The summed E-state index contributed by atoms with van der Waals surface area (Å²) in [5, 5.41) is 0. The Balaban J connectivity index is 2.05. The van der Waals surface area contributed by atoms with E-state index in [0.717, 1.165) is 17.5 Å². The highest BCUT2D eigenvalue weighted by Gasteiger charge is 1.99. The SMILES string of the molecule is NC(N)=NC(N)=Nc1ccc(Cc2ccc(N=C(N)N=C(N)N)cc2)cc1. The third-order valence-corrected chi connectivity index (χ3v) is 3.26. The van der Waals surface area contributed by atoms with E-state index in [1.165, 1.54) is 0 Å². The molecule has 10 heteroatoms. The first-order valence-electron chi connectivity index (χ1n) is 7.87. The van der Waals surface area contributed by atoms with E-state index in [0.29, 0.717) is 11.4 Å². The first-order valence-corrected chi connectivity index (χ1v) is 7.87. The monoisotopic (exact) mass is 366 g/mol. The van der Waals surface area contributed by atoms with Gasteiger partial charge in [-0.3, -0.25) is 0 Å². The van der Waals surface area contributed by atoms with Gasteiger partial charge in [0.25, 0.3) is 0 Å². The summed E-state index contributed by atoms with van der Waals surface area (Å²) in [6, 6.07) is 15.1. The molecule has 0 saturated carbocycles. The second kappa shape index (κ2) is 8.85. The van der Waals surface area contributed by atoms with E-state index in [2.05, 4.69) is 20.0 Å². The Morgan fingerprint density at radius 1 is 0.556 bits per heavy atom. The third kappa shape index (κ3) is 6.74. The van der Waals surface area contributed by atoms with Gasteiger partial charge < -0.3 is 34.4 Å². The summed E-state index contributed by atoms with van der Waals surface area (Å²) in [5.74, 6) is -0.279. The van der Waals surface area contributed by atoms with Gasteiger partial charge in [-0.1, -0.05) is 24.3 Å². The fraction of sp³-hybridized carbons (Fsp3) is 0.0588. The molecule has 2 rings (SSSR count). The second-order valence-electron chi connectivity index (χ2n) is 5.52. The number of aliphatic imine (C=N–C) groups is 4. The summed E-state index contributed by atoms with van der Waals surface area (Å²) in [6.07, 6.45) is 0.737. The van der Waals surface area contributed by atoms with E-state index in [1.54, 1.807) is 0 Å². The van der Waals surface area contributed by atoms with Crippen LogP contribution in [0.2, 0.25) is 0 Å². The summed E-state index contributed by atoms with van der Waals surface area (Å²) >= 11 is 0. The van der Waals surface area contributed by atoms with Crippen molar-refractivity contribution in [1.29, 1.82) is 0 Å². The largest absolute Gasteiger partial charge is 0.370 e. The van der Waals surface area contributed by atoms with E-state index >= 15 is 0 Å². The molecule has 0 aliphatic rings. The molecule has 2 aromatic carbocycles. The molecule has 0 spiro atoms. The van der Waals surface area contributed by atoms with Crippen LogP contribution in [0.25, 0.3) is 0 Å². The quantitative estimate of drug-likeness (QED) is 0.316. The van der Waals surface area contributed by atoms with Crippen LogP contribution < -0.4 is 34.4 Å². The molecule has 0 fully saturated rings. The van der Waals surface area contributed by atoms with Gasteiger partial charge in [0.2, 0.25) is 11.9 Å². The molecule has 12 N–H and O–H groups in total. The van der Waals surface area contributed by atoms with E-state index < -0.39 is 0 Å². The molecule has 0 saturated heterocycles. The van der Waals surface area contributed by atoms with Gasteiger partial charge in [0.1, 0.15) is 0 Å². The lowest BCUT2D eigenvalue weighted by Gasteiger charge is -2.04. The van der Waals surface area contributed by atoms with Crippen molar-refractivity contribution in [2.45, 2.75) is 6.42 Å². The molecule has 0 aliphatic carbocycles. The number of hydrogen-bond acceptors (Lipinski definition) is 2. The molecular formula is C17H22N10. The Hall–Kier alpha value is -4.08. The van der Waals surface area contributed by atoms with Gasteiger partial charge in [-0.15, -0.1) is 0 Å². The Kier molecular flexibility index (Phi) is 6.31. The Morgan fingerprint density at radius 3 is 1.19 bits per heavy atom. The van der Waals surface area contributed by atoms with Crippen LogP contribution in [0.5, 0.6) is 0 Å². The van der Waals surface area contributed by atoms with Gasteiger partial charge >= 0.3 is 0 Å². The maximum absolute atomic E-state index is 5.60. The average molecular weight is 366 g/mol. The summed E-state index contributed by atoms with van der Waals surface area (Å²) < 4.78 is 0. The average Bonchev–Trinajstić information content (AvgIpc) is 2.57. The van der Waals surface area contributed by atoms with Crippen LogP contribution in [-0.4, -0.2) is 23.8 Å². The Labute approximate surface area is 156 Å². The highest BCUT2D eigenvalue weighted by Crippen LogP contribution is 2.18. The van der Waals surface area contributed by atoms with Gasteiger partial charge in [-0.25, -0.2) is 9.98 Å². The minimum Gasteiger partial charge on any atom is -0.370 e. The summed E-state index contributed by atoms with van der Waals surface area (Å²) in [7, 11) is 0. The van der Waals surface area contributed by atoms with E-state index in [-0.39, 0.29) is 23.8 Å². The topological polar surface area (TPSA) is 206 Å². The van der Waals surface area contributed by atoms with Crippen molar-refractivity contribution in [2.75, 3.05) is 0 Å². The van der Waals surface area contributed by atoms with E-state index in [1.807, 2.05) is 48.5 Å². The molecule has 0 aromatic heterocycles. The molecule has 0 bridgehead atoms. The van der Waals surface area contributed by atoms with Gasteiger partial charge in [0.15, 0.2) is 11.9 Å². The van der Waals surface area contributed by atoms with Crippen molar-refractivity contribution in [3.63, 3.8) is 0 Å². The highest BCUT2D eigenvalue weighted by atomic mass is 15.1. The predicted octanol–water partition coefficient (Wildman–Crippen LogP) is -0.283. The fourth-order valence-electron chi connectivity index (χ4n) is 2.19. The van der Waals surface area contributed by atoms with Gasteiger partial charge in [-0.2, -0.15) is 9.98 Å². The molecule has 0 amide bonds. The molecule has 0 heterocycles. The van der Waals surface area contributed by atoms with Crippen molar-refractivity contribution >= 4 is 35.2 Å². The minimum absolute atomic E-state index is 0.00103. The van der Waals surface area contributed by atoms with Gasteiger partial charge in [0.05, 0.1) is 11.4 Å². The van der Waals surface area contributed by atoms with Crippen molar-refractivity contribution in [2.24, 2.45) is 54.4 Å². The first-order chi connectivity index (χ1) is 12.8. The second-order valence-corrected chi connectivity index (χ2v) is 5.52. The maximum atomic E-state index is 5.60. The smallest absolute Gasteiger partial charge is 0.223 e. The van der Waals surface area contributed by atoms with Crippen molar-refractivity contribution in [1.82, 2.24) is 0 Å². The lowest BCUT2D eigenvalue weighted by atomic mass is 10.0. The van der Waals surface area contributed by atoms with Crippen LogP contribution in [0.4, 0.5) is 11.4 Å². The number of nitrogens with two attached hydrogens (primary N) is 6. The van der Waals surface area contributed by atoms with Crippen LogP contribution in [0.3, 0.4) is 0 Å². The summed E-state index contributed by atoms with van der Waals surface area (Å²) in [6.45, 7) is 0. The van der Waals surface area contributed by atoms with E-state index in [4.69, 9.17) is 34.4 Å². The first kappa shape index (κ1) is 19.2. The number of nitrogens with zero attached hydrogens (tertiary/aromatic N) is 4. The van der Waals surface area contributed by atoms with Gasteiger partial charge in [0, 0.05) is 0 Å². The molecule has 27 heavy (non-hydrogen) atoms. The molecule has 0 radical (unpaired) electrons. The molecule has 0 aliphatic heterocycles. The minimum atomic E-state index is -0.138. The Bertz CT molecular complexity index is 809. The Morgan fingerprint density at radius 2 is 0.889 bits per heavy atom. The predicted molar refractivity (Wildman–Crippen MR) is 110 cm³/mol. The van der Waals surface area contributed by atoms with Crippen molar-refractivity contribution in [3.05, 3.63) is 59.7 Å². The number of benzene rings is 2. The van der Waals surface area contributed by atoms with Crippen LogP contribution in [-0.2, 0) is 6.42 Å². The molecule has 0 atom stereocenters. The van der Waals surface area contributed by atoms with Crippen molar-refractivity contribution < 1.29 is 0 Å². The zero-order chi connectivity index (χ0) is 19.8. The molecule has 2 aromatic rings. The van der Waals surface area contributed by atoms with Gasteiger partial charge in [-0.05, 0) is 41.8 Å². The molecular weight excluding hydrogens is 344 g/mol. The standard InChI is InChI=1S/C17H22N10/c18-14(19)26-16(22)24-12-5-1-10(2-6-12)9-11-3-7-13(8-4-11)25-17(23)27-15(20)21/h1-8H,9H2,(H6,18,19,22,24,26)(H6,20,21,23,25,27).